The molecule has 6 nitrogen and oxygen atoms in total. The molecule has 1 amide bonds. The maximum Gasteiger partial charge on any atom is 0.271 e. The van der Waals surface area contributed by atoms with E-state index < -0.39 is 0 Å². The van der Waals surface area contributed by atoms with Gasteiger partial charge in [0.15, 0.2) is 0 Å². The Morgan fingerprint density at radius 1 is 1.67 bits per heavy atom. The topological polar surface area (TPSA) is 94.0 Å². The van der Waals surface area contributed by atoms with Gasteiger partial charge in [-0.25, -0.2) is 9.97 Å². The third-order valence-corrected chi connectivity index (χ3v) is 3.19. The van der Waals surface area contributed by atoms with E-state index in [-0.39, 0.29) is 11.9 Å². The highest BCUT2D eigenvalue weighted by Crippen LogP contribution is 2.14. The lowest BCUT2D eigenvalue weighted by Crippen LogP contribution is -2.27. The number of nitrogens with zero attached hydrogens (tertiary/aromatic N) is 2. The van der Waals surface area contributed by atoms with Crippen LogP contribution in [0.4, 0.5) is 0 Å². The van der Waals surface area contributed by atoms with Crippen molar-refractivity contribution in [3.05, 3.63) is 33.9 Å². The van der Waals surface area contributed by atoms with Gasteiger partial charge in [0, 0.05) is 11.9 Å². The van der Waals surface area contributed by atoms with Crippen LogP contribution in [0.1, 0.15) is 40.1 Å². The van der Waals surface area contributed by atoms with Crippen molar-refractivity contribution in [2.45, 2.75) is 26.4 Å². The predicted octanol–water partition coefficient (Wildman–Crippen LogP) is 1.39. The van der Waals surface area contributed by atoms with E-state index in [4.69, 9.17) is 10.2 Å². The van der Waals surface area contributed by atoms with Gasteiger partial charge in [0.1, 0.15) is 22.5 Å². The maximum absolute atomic E-state index is 11.9. The minimum Gasteiger partial charge on any atom is -0.444 e. The Kier molecular flexibility index (Phi) is 3.73. The first-order valence-corrected chi connectivity index (χ1v) is 6.35. The van der Waals surface area contributed by atoms with E-state index in [2.05, 4.69) is 15.3 Å². The Bertz CT molecular complexity index is 549. The number of oxazole rings is 1. The van der Waals surface area contributed by atoms with Crippen LogP contribution in [0.3, 0.4) is 0 Å². The molecule has 7 heteroatoms. The normalized spacial score (nSPS) is 12.4. The molecule has 1 atom stereocenters. The molecule has 96 valence electrons. The van der Waals surface area contributed by atoms with Crippen LogP contribution in [-0.2, 0) is 6.54 Å². The first-order valence-electron chi connectivity index (χ1n) is 5.48. The average molecular weight is 266 g/mol. The summed E-state index contributed by atoms with van der Waals surface area (Å²) in [5, 5.41) is 5.19. The highest BCUT2D eigenvalue weighted by molar-refractivity contribution is 7.09. The highest BCUT2D eigenvalue weighted by Gasteiger charge is 2.17. The zero-order valence-electron chi connectivity index (χ0n) is 10.1. The van der Waals surface area contributed by atoms with E-state index >= 15 is 0 Å². The van der Waals surface area contributed by atoms with E-state index in [0.29, 0.717) is 23.9 Å². The molecule has 0 saturated heterocycles. The largest absolute Gasteiger partial charge is 0.444 e. The molecule has 2 aromatic heterocycles. The van der Waals surface area contributed by atoms with Gasteiger partial charge in [0.2, 0.25) is 5.89 Å². The lowest BCUT2D eigenvalue weighted by molar-refractivity contribution is 0.0929. The monoisotopic (exact) mass is 266 g/mol. The van der Waals surface area contributed by atoms with Gasteiger partial charge in [-0.15, -0.1) is 11.3 Å². The summed E-state index contributed by atoms with van der Waals surface area (Å²) in [5.41, 5.74) is 5.82. The molecule has 0 aliphatic heterocycles. The molecular formula is C11H14N4O2S. The molecule has 18 heavy (non-hydrogen) atoms. The Morgan fingerprint density at radius 2 is 2.44 bits per heavy atom. The SMILES string of the molecule is Cc1cnc(C(C)NC(=O)c2csc(CN)n2)o1. The first-order chi connectivity index (χ1) is 8.60. The average Bonchev–Trinajstić information content (AvgIpc) is 2.97. The van der Waals surface area contributed by atoms with Crippen LogP contribution in [0.25, 0.3) is 0 Å². The Balaban J connectivity index is 2.02. The molecule has 0 bridgehead atoms. The lowest BCUT2D eigenvalue weighted by atomic mass is 10.3. The smallest absolute Gasteiger partial charge is 0.271 e. The van der Waals surface area contributed by atoms with Crippen LogP contribution < -0.4 is 11.1 Å². The van der Waals surface area contributed by atoms with E-state index in [1.165, 1.54) is 11.3 Å². The molecule has 0 fully saturated rings. The van der Waals surface area contributed by atoms with E-state index in [0.717, 1.165) is 5.01 Å². The molecule has 0 aromatic carbocycles. The van der Waals surface area contributed by atoms with Crippen molar-refractivity contribution >= 4 is 17.2 Å². The molecule has 2 rings (SSSR count). The number of thiazole rings is 1. The fourth-order valence-electron chi connectivity index (χ4n) is 1.41. The van der Waals surface area contributed by atoms with Crippen molar-refractivity contribution in [2.24, 2.45) is 5.73 Å². The number of hydrogen-bond acceptors (Lipinski definition) is 6. The summed E-state index contributed by atoms with van der Waals surface area (Å²) in [4.78, 5) is 20.1. The van der Waals surface area contributed by atoms with Crippen LogP contribution in [0.5, 0.6) is 0 Å². The Hall–Kier alpha value is -1.73. The molecule has 0 radical (unpaired) electrons. The Labute approximate surface area is 108 Å². The molecule has 0 spiro atoms. The van der Waals surface area contributed by atoms with Gasteiger partial charge in [-0.1, -0.05) is 0 Å². The molecular weight excluding hydrogens is 252 g/mol. The first kappa shape index (κ1) is 12.7. The summed E-state index contributed by atoms with van der Waals surface area (Å²) in [5.74, 6) is 0.939. The predicted molar refractivity (Wildman–Crippen MR) is 67.1 cm³/mol. The number of carbonyl (C=O) groups excluding carboxylic acids is 1. The van der Waals surface area contributed by atoms with Crippen molar-refractivity contribution in [1.82, 2.24) is 15.3 Å². The van der Waals surface area contributed by atoms with Gasteiger partial charge in [0.05, 0.1) is 6.20 Å². The van der Waals surface area contributed by atoms with E-state index in [1.54, 1.807) is 25.4 Å². The number of amides is 1. The molecule has 0 aliphatic carbocycles. The quantitative estimate of drug-likeness (QED) is 0.872. The van der Waals surface area contributed by atoms with Crippen molar-refractivity contribution < 1.29 is 9.21 Å². The van der Waals surface area contributed by atoms with Gasteiger partial charge < -0.3 is 15.5 Å². The van der Waals surface area contributed by atoms with Crippen LogP contribution >= 0.6 is 11.3 Å². The van der Waals surface area contributed by atoms with Crippen LogP contribution in [0.2, 0.25) is 0 Å². The van der Waals surface area contributed by atoms with Crippen molar-refractivity contribution in [3.63, 3.8) is 0 Å². The molecule has 0 saturated carbocycles. The minimum atomic E-state index is -0.297. The number of nitrogens with one attached hydrogen (secondary N) is 1. The van der Waals surface area contributed by atoms with Gasteiger partial charge in [-0.3, -0.25) is 4.79 Å². The summed E-state index contributed by atoms with van der Waals surface area (Å²) in [6, 6.07) is -0.297. The van der Waals surface area contributed by atoms with Crippen LogP contribution in [0, 0.1) is 6.92 Å². The van der Waals surface area contributed by atoms with E-state index in [9.17, 15) is 4.79 Å². The van der Waals surface area contributed by atoms with Crippen molar-refractivity contribution in [2.75, 3.05) is 0 Å². The summed E-state index contributed by atoms with van der Waals surface area (Å²) < 4.78 is 5.34. The summed E-state index contributed by atoms with van der Waals surface area (Å²) in [6.45, 7) is 3.95. The number of aromatic nitrogens is 2. The zero-order chi connectivity index (χ0) is 13.1. The second-order valence-electron chi connectivity index (χ2n) is 3.83. The number of rotatable bonds is 4. The number of nitrogens with two attached hydrogens (primary N) is 1. The standard InChI is InChI=1S/C11H14N4O2S/c1-6-4-13-11(17-6)7(2)14-10(16)8-5-18-9(3-12)15-8/h4-5,7H,3,12H2,1-2H3,(H,14,16). The third-order valence-electron chi connectivity index (χ3n) is 2.32. The second kappa shape index (κ2) is 5.28. The molecule has 2 heterocycles. The van der Waals surface area contributed by atoms with Gasteiger partial charge >= 0.3 is 0 Å². The number of aryl methyl sites for hydroxylation is 1. The zero-order valence-corrected chi connectivity index (χ0v) is 11.0. The second-order valence-corrected chi connectivity index (χ2v) is 4.78. The fraction of sp³-hybridized carbons (Fsp3) is 0.364. The number of carbonyl (C=O) groups is 1. The Morgan fingerprint density at radius 3 is 3.00 bits per heavy atom. The van der Waals surface area contributed by atoms with Crippen LogP contribution in [0.15, 0.2) is 16.0 Å². The molecule has 2 aromatic rings. The maximum atomic E-state index is 11.9. The van der Waals surface area contributed by atoms with Gasteiger partial charge in [0.25, 0.3) is 5.91 Å². The fourth-order valence-corrected chi connectivity index (χ4v) is 2.07. The lowest BCUT2D eigenvalue weighted by Gasteiger charge is -2.08. The highest BCUT2D eigenvalue weighted by atomic mass is 32.1. The molecule has 0 aliphatic rings. The third kappa shape index (κ3) is 2.74. The minimum absolute atomic E-state index is 0.255. The van der Waals surface area contributed by atoms with Crippen molar-refractivity contribution in [3.8, 4) is 0 Å². The van der Waals surface area contributed by atoms with Crippen LogP contribution in [-0.4, -0.2) is 15.9 Å². The van der Waals surface area contributed by atoms with E-state index in [1.807, 2.05) is 0 Å². The summed E-state index contributed by atoms with van der Waals surface area (Å²) >= 11 is 1.37. The van der Waals surface area contributed by atoms with Gasteiger partial charge in [-0.2, -0.15) is 0 Å². The summed E-state index contributed by atoms with van der Waals surface area (Å²) in [6.07, 6.45) is 1.62. The molecule has 1 unspecified atom stereocenters. The summed E-state index contributed by atoms with van der Waals surface area (Å²) in [7, 11) is 0. The molecule has 3 N–H and O–H groups in total. The number of hydrogen-bond donors (Lipinski definition) is 2. The van der Waals surface area contributed by atoms with Gasteiger partial charge in [-0.05, 0) is 13.8 Å². The van der Waals surface area contributed by atoms with Crippen molar-refractivity contribution in [1.29, 1.82) is 0 Å².